The van der Waals surface area contributed by atoms with Gasteiger partial charge in [0.25, 0.3) is 0 Å². The molecule has 0 unspecified atom stereocenters. The molecule has 0 radical (unpaired) electrons. The van der Waals surface area contributed by atoms with Crippen LogP contribution in [-0.2, 0) is 6.42 Å². The average molecular weight is 330 g/mol. The minimum atomic E-state index is -0.815. The second-order valence-corrected chi connectivity index (χ2v) is 5.62. The maximum atomic E-state index is 14.9. The summed E-state index contributed by atoms with van der Waals surface area (Å²) < 4.78 is 54.1. The first-order valence-electron chi connectivity index (χ1n) is 7.55. The van der Waals surface area contributed by atoms with Gasteiger partial charge in [0, 0.05) is 10.8 Å². The number of benzene rings is 3. The molecule has 0 amide bonds. The van der Waals surface area contributed by atoms with Crippen molar-refractivity contribution in [2.45, 2.75) is 13.3 Å². The molecule has 0 fully saturated rings. The third kappa shape index (κ3) is 1.84. The number of aryl methyl sites for hydroxylation is 1. The summed E-state index contributed by atoms with van der Waals surface area (Å²) in [4.78, 5) is 0. The minimum absolute atomic E-state index is 0.00553. The first-order chi connectivity index (χ1) is 11.6. The molecule has 122 valence electrons. The van der Waals surface area contributed by atoms with Gasteiger partial charge in [-0.1, -0.05) is 19.1 Å². The van der Waals surface area contributed by atoms with E-state index in [9.17, 15) is 13.2 Å². The first kappa shape index (κ1) is 14.9. The molecular formula is C19H13F3O2. The molecule has 24 heavy (non-hydrogen) atoms. The Hall–Kier alpha value is -2.69. The molecule has 0 aliphatic heterocycles. The molecule has 0 aliphatic rings. The van der Waals surface area contributed by atoms with Crippen LogP contribution in [0.25, 0.3) is 32.7 Å². The van der Waals surface area contributed by atoms with E-state index in [2.05, 4.69) is 0 Å². The second-order valence-electron chi connectivity index (χ2n) is 5.62. The Labute approximate surface area is 135 Å². The SMILES string of the molecule is CCc1ccc2cc3c(oc4c(F)c(OC)ccc43)c(F)c2c1F. The van der Waals surface area contributed by atoms with Crippen molar-refractivity contribution in [3.05, 3.63) is 53.3 Å². The zero-order valence-electron chi connectivity index (χ0n) is 13.0. The van der Waals surface area contributed by atoms with Crippen LogP contribution in [-0.4, -0.2) is 7.11 Å². The van der Waals surface area contributed by atoms with E-state index in [-0.39, 0.29) is 22.3 Å². The van der Waals surface area contributed by atoms with E-state index in [1.165, 1.54) is 13.2 Å². The summed E-state index contributed by atoms with van der Waals surface area (Å²) in [5, 5.41) is 1.10. The molecule has 5 heteroatoms. The maximum Gasteiger partial charge on any atom is 0.208 e. The van der Waals surface area contributed by atoms with Crippen LogP contribution < -0.4 is 4.74 Å². The smallest absolute Gasteiger partial charge is 0.208 e. The van der Waals surface area contributed by atoms with Crippen molar-refractivity contribution in [2.24, 2.45) is 0 Å². The fourth-order valence-corrected chi connectivity index (χ4v) is 3.11. The number of rotatable bonds is 2. The zero-order chi connectivity index (χ0) is 17.0. The normalized spacial score (nSPS) is 11.7. The molecule has 0 saturated carbocycles. The molecule has 0 N–H and O–H groups in total. The topological polar surface area (TPSA) is 22.4 Å². The number of hydrogen-bond acceptors (Lipinski definition) is 2. The molecule has 4 aromatic rings. The minimum Gasteiger partial charge on any atom is -0.494 e. The Morgan fingerprint density at radius 3 is 2.38 bits per heavy atom. The first-order valence-corrected chi connectivity index (χ1v) is 7.55. The van der Waals surface area contributed by atoms with Crippen molar-refractivity contribution in [3.8, 4) is 5.75 Å². The van der Waals surface area contributed by atoms with Gasteiger partial charge in [-0.05, 0) is 35.6 Å². The summed E-state index contributed by atoms with van der Waals surface area (Å²) in [6, 6.07) is 7.97. The third-order valence-corrected chi connectivity index (χ3v) is 4.37. The van der Waals surface area contributed by atoms with Crippen LogP contribution in [0.4, 0.5) is 13.2 Å². The Bertz CT molecular complexity index is 1110. The van der Waals surface area contributed by atoms with Gasteiger partial charge < -0.3 is 9.15 Å². The molecule has 3 aromatic carbocycles. The lowest BCUT2D eigenvalue weighted by Crippen LogP contribution is -1.92. The highest BCUT2D eigenvalue weighted by atomic mass is 19.1. The summed E-state index contributed by atoms with van der Waals surface area (Å²) in [6.45, 7) is 1.80. The van der Waals surface area contributed by atoms with Crippen molar-refractivity contribution < 1.29 is 22.3 Å². The van der Waals surface area contributed by atoms with Gasteiger partial charge in [-0.2, -0.15) is 4.39 Å². The predicted molar refractivity (Wildman–Crippen MR) is 87.0 cm³/mol. The summed E-state index contributed by atoms with van der Waals surface area (Å²) in [5.74, 6) is -2.12. The van der Waals surface area contributed by atoms with Gasteiger partial charge in [-0.15, -0.1) is 0 Å². The number of fused-ring (bicyclic) bond motifs is 4. The molecule has 4 rings (SSSR count). The molecule has 0 spiro atoms. The summed E-state index contributed by atoms with van der Waals surface area (Å²) >= 11 is 0. The Morgan fingerprint density at radius 2 is 1.67 bits per heavy atom. The fraction of sp³-hybridized carbons (Fsp3) is 0.158. The molecule has 0 bridgehead atoms. The Morgan fingerprint density at radius 1 is 0.917 bits per heavy atom. The van der Waals surface area contributed by atoms with Gasteiger partial charge in [-0.25, -0.2) is 8.78 Å². The number of ether oxygens (including phenoxy) is 1. The van der Waals surface area contributed by atoms with Crippen molar-refractivity contribution in [3.63, 3.8) is 0 Å². The van der Waals surface area contributed by atoms with E-state index in [0.717, 1.165) is 0 Å². The van der Waals surface area contributed by atoms with Gasteiger partial charge in [0.1, 0.15) is 5.82 Å². The maximum absolute atomic E-state index is 14.9. The zero-order valence-corrected chi connectivity index (χ0v) is 13.0. The summed E-state index contributed by atoms with van der Waals surface area (Å²) in [5.41, 5.74) is 0.163. The highest BCUT2D eigenvalue weighted by molar-refractivity contribution is 6.11. The lowest BCUT2D eigenvalue weighted by atomic mass is 10.0. The van der Waals surface area contributed by atoms with E-state index >= 15 is 0 Å². The van der Waals surface area contributed by atoms with Crippen LogP contribution in [0.3, 0.4) is 0 Å². The monoisotopic (exact) mass is 330 g/mol. The van der Waals surface area contributed by atoms with Crippen LogP contribution in [0.2, 0.25) is 0 Å². The van der Waals surface area contributed by atoms with Crippen LogP contribution in [0.5, 0.6) is 5.75 Å². The fourth-order valence-electron chi connectivity index (χ4n) is 3.11. The van der Waals surface area contributed by atoms with Crippen LogP contribution >= 0.6 is 0 Å². The molecule has 1 aromatic heterocycles. The van der Waals surface area contributed by atoms with Crippen LogP contribution in [0, 0.1) is 17.5 Å². The van der Waals surface area contributed by atoms with Crippen molar-refractivity contribution in [2.75, 3.05) is 7.11 Å². The van der Waals surface area contributed by atoms with E-state index in [4.69, 9.17) is 9.15 Å². The van der Waals surface area contributed by atoms with Crippen molar-refractivity contribution in [1.82, 2.24) is 0 Å². The second kappa shape index (κ2) is 5.16. The Balaban J connectivity index is 2.19. The molecule has 1 heterocycles. The standard InChI is InChI=1S/C19H13F3O2/c1-3-9-4-5-10-8-12-11-6-7-13(23-2)16(21)18(11)24-19(12)17(22)14(10)15(9)20/h4-8H,3H2,1-2H3. The van der Waals surface area contributed by atoms with Crippen molar-refractivity contribution >= 4 is 32.7 Å². The largest absolute Gasteiger partial charge is 0.494 e. The van der Waals surface area contributed by atoms with Crippen LogP contribution in [0.15, 0.2) is 34.7 Å². The quantitative estimate of drug-likeness (QED) is 0.468. The molecule has 0 saturated heterocycles. The summed E-state index contributed by atoms with van der Waals surface area (Å²) in [7, 11) is 1.34. The number of halogens is 3. The van der Waals surface area contributed by atoms with Gasteiger partial charge in [0.2, 0.25) is 5.82 Å². The highest BCUT2D eigenvalue weighted by Gasteiger charge is 2.21. The molecule has 0 atom stereocenters. The molecule has 2 nitrogen and oxygen atoms in total. The van der Waals surface area contributed by atoms with Gasteiger partial charge in [0.15, 0.2) is 22.7 Å². The number of methoxy groups -OCH3 is 1. The van der Waals surface area contributed by atoms with E-state index < -0.39 is 17.5 Å². The summed E-state index contributed by atoms with van der Waals surface area (Å²) in [6.07, 6.45) is 0.450. The van der Waals surface area contributed by atoms with Gasteiger partial charge in [-0.3, -0.25) is 0 Å². The average Bonchev–Trinajstić information content (AvgIpc) is 2.96. The molecule has 0 aliphatic carbocycles. The number of furan rings is 1. The number of hydrogen-bond donors (Lipinski definition) is 0. The molecular weight excluding hydrogens is 317 g/mol. The van der Waals surface area contributed by atoms with Gasteiger partial charge >= 0.3 is 0 Å². The van der Waals surface area contributed by atoms with E-state index in [1.807, 2.05) is 0 Å². The van der Waals surface area contributed by atoms with E-state index in [1.54, 1.807) is 31.2 Å². The lowest BCUT2D eigenvalue weighted by Gasteiger charge is -2.06. The predicted octanol–water partition coefficient (Wildman–Crippen LogP) is 5.73. The van der Waals surface area contributed by atoms with Crippen molar-refractivity contribution in [1.29, 1.82) is 0 Å². The third-order valence-electron chi connectivity index (χ3n) is 4.37. The lowest BCUT2D eigenvalue weighted by molar-refractivity contribution is 0.385. The highest BCUT2D eigenvalue weighted by Crippen LogP contribution is 2.39. The van der Waals surface area contributed by atoms with Gasteiger partial charge in [0.05, 0.1) is 12.5 Å². The Kier molecular flexibility index (Phi) is 3.20. The van der Waals surface area contributed by atoms with Crippen LogP contribution in [0.1, 0.15) is 12.5 Å². The van der Waals surface area contributed by atoms with E-state index in [0.29, 0.717) is 28.1 Å².